The number of ether oxygens (including phenoxy) is 1. The van der Waals surface area contributed by atoms with Gasteiger partial charge in [0.05, 0.1) is 18.8 Å². The summed E-state index contributed by atoms with van der Waals surface area (Å²) in [5.41, 5.74) is 8.37. The number of nitrogens with one attached hydrogen (secondary N) is 2. The standard InChI is InChI=1S/C25H29N5O4/c1-2-34-25(33)28-21-10-5-7-18(15-21)17-30-23(31)12-11-22(29-30)19-8-6-9-20(16-19)24(32)27-14-4-3-13-26/h5-12,15-16H,2-4,13-14,17,26H2,1H3,(H,27,32)(H,28,33). The number of rotatable bonds is 10. The summed E-state index contributed by atoms with van der Waals surface area (Å²) in [5, 5.41) is 10.0. The quantitative estimate of drug-likeness (QED) is 0.397. The van der Waals surface area contributed by atoms with Gasteiger partial charge in [-0.05, 0) is 62.2 Å². The second kappa shape index (κ2) is 12.3. The van der Waals surface area contributed by atoms with Crippen LogP contribution in [0, 0.1) is 0 Å². The molecular formula is C25H29N5O4. The maximum Gasteiger partial charge on any atom is 0.411 e. The fraction of sp³-hybridized carbons (Fsp3) is 0.280. The van der Waals surface area contributed by atoms with Gasteiger partial charge in [0.25, 0.3) is 11.5 Å². The van der Waals surface area contributed by atoms with E-state index in [4.69, 9.17) is 10.5 Å². The lowest BCUT2D eigenvalue weighted by Gasteiger charge is -2.10. The Labute approximate surface area is 197 Å². The molecule has 0 aliphatic carbocycles. The van der Waals surface area contributed by atoms with Crippen LogP contribution >= 0.6 is 0 Å². The van der Waals surface area contributed by atoms with E-state index in [-0.39, 0.29) is 24.6 Å². The van der Waals surface area contributed by atoms with Crippen molar-refractivity contribution in [2.45, 2.75) is 26.3 Å². The van der Waals surface area contributed by atoms with Gasteiger partial charge in [0.15, 0.2) is 0 Å². The number of carbonyl (C=O) groups excluding carboxylic acids is 2. The Bertz CT molecular complexity index is 1190. The van der Waals surface area contributed by atoms with Gasteiger partial charge in [-0.15, -0.1) is 0 Å². The predicted molar refractivity (Wildman–Crippen MR) is 131 cm³/mol. The minimum Gasteiger partial charge on any atom is -0.450 e. The first-order valence-electron chi connectivity index (χ1n) is 11.2. The zero-order valence-electron chi connectivity index (χ0n) is 19.1. The molecule has 0 unspecified atom stereocenters. The molecule has 0 bridgehead atoms. The maximum absolute atomic E-state index is 12.4. The Morgan fingerprint density at radius 3 is 2.68 bits per heavy atom. The minimum absolute atomic E-state index is 0.168. The molecule has 4 N–H and O–H groups in total. The molecule has 9 nitrogen and oxygen atoms in total. The summed E-state index contributed by atoms with van der Waals surface area (Å²) in [6.07, 6.45) is 1.14. The van der Waals surface area contributed by atoms with Gasteiger partial charge in [0.2, 0.25) is 0 Å². The molecule has 0 spiro atoms. The van der Waals surface area contributed by atoms with Crippen LogP contribution in [-0.4, -0.2) is 41.5 Å². The highest BCUT2D eigenvalue weighted by atomic mass is 16.5. The maximum atomic E-state index is 12.4. The van der Waals surface area contributed by atoms with Crippen molar-refractivity contribution in [3.8, 4) is 11.3 Å². The summed E-state index contributed by atoms with van der Waals surface area (Å²) in [7, 11) is 0. The molecule has 0 atom stereocenters. The molecule has 0 fully saturated rings. The van der Waals surface area contributed by atoms with Gasteiger partial charge in [-0.1, -0.05) is 24.3 Å². The predicted octanol–water partition coefficient (Wildman–Crippen LogP) is 3.00. The van der Waals surface area contributed by atoms with Crippen LogP contribution in [0.3, 0.4) is 0 Å². The normalized spacial score (nSPS) is 10.5. The summed E-state index contributed by atoms with van der Waals surface area (Å²) in [6.45, 7) is 3.38. The second-order valence-corrected chi connectivity index (χ2v) is 7.59. The van der Waals surface area contributed by atoms with Gasteiger partial charge < -0.3 is 15.8 Å². The lowest BCUT2D eigenvalue weighted by atomic mass is 10.1. The molecule has 2 aromatic carbocycles. The van der Waals surface area contributed by atoms with Crippen LogP contribution in [0.2, 0.25) is 0 Å². The van der Waals surface area contributed by atoms with Crippen LogP contribution < -0.4 is 21.9 Å². The number of nitrogens with two attached hydrogens (primary N) is 1. The topological polar surface area (TPSA) is 128 Å². The fourth-order valence-corrected chi connectivity index (χ4v) is 3.31. The number of hydrogen-bond donors (Lipinski definition) is 3. The summed E-state index contributed by atoms with van der Waals surface area (Å²) < 4.78 is 6.24. The third kappa shape index (κ3) is 7.01. The van der Waals surface area contributed by atoms with E-state index in [9.17, 15) is 14.4 Å². The second-order valence-electron chi connectivity index (χ2n) is 7.59. The van der Waals surface area contributed by atoms with Gasteiger partial charge in [-0.25, -0.2) is 9.48 Å². The molecule has 34 heavy (non-hydrogen) atoms. The summed E-state index contributed by atoms with van der Waals surface area (Å²) in [5.74, 6) is -0.168. The van der Waals surface area contributed by atoms with Gasteiger partial charge in [0, 0.05) is 29.4 Å². The molecule has 178 valence electrons. The number of aromatic nitrogens is 2. The molecule has 0 aliphatic heterocycles. The summed E-state index contributed by atoms with van der Waals surface area (Å²) in [4.78, 5) is 36.6. The first kappa shape index (κ1) is 24.7. The Balaban J connectivity index is 1.76. The van der Waals surface area contributed by atoms with E-state index in [1.54, 1.807) is 49.4 Å². The monoisotopic (exact) mass is 463 g/mol. The smallest absolute Gasteiger partial charge is 0.411 e. The van der Waals surface area contributed by atoms with Crippen LogP contribution in [0.5, 0.6) is 0 Å². The molecular weight excluding hydrogens is 434 g/mol. The van der Waals surface area contributed by atoms with Gasteiger partial charge in [-0.3, -0.25) is 14.9 Å². The molecule has 1 heterocycles. The first-order valence-corrected chi connectivity index (χ1v) is 11.2. The van der Waals surface area contributed by atoms with Crippen molar-refractivity contribution < 1.29 is 14.3 Å². The third-order valence-electron chi connectivity index (χ3n) is 4.98. The molecule has 9 heteroatoms. The van der Waals surface area contributed by atoms with E-state index >= 15 is 0 Å². The van der Waals surface area contributed by atoms with Crippen LogP contribution in [0.1, 0.15) is 35.7 Å². The van der Waals surface area contributed by atoms with E-state index in [1.165, 1.54) is 10.7 Å². The molecule has 0 saturated heterocycles. The van der Waals surface area contributed by atoms with Crippen LogP contribution in [-0.2, 0) is 11.3 Å². The van der Waals surface area contributed by atoms with Crippen molar-refractivity contribution in [3.05, 3.63) is 82.1 Å². The highest BCUT2D eigenvalue weighted by molar-refractivity contribution is 5.95. The van der Waals surface area contributed by atoms with Gasteiger partial charge >= 0.3 is 6.09 Å². The number of nitrogens with zero attached hydrogens (tertiary/aromatic N) is 2. The van der Waals surface area contributed by atoms with Crippen molar-refractivity contribution in [2.24, 2.45) is 5.73 Å². The molecule has 0 aliphatic rings. The lowest BCUT2D eigenvalue weighted by Crippen LogP contribution is -2.25. The number of benzene rings is 2. The van der Waals surface area contributed by atoms with Crippen molar-refractivity contribution in [3.63, 3.8) is 0 Å². The Morgan fingerprint density at radius 1 is 1.06 bits per heavy atom. The number of amides is 2. The van der Waals surface area contributed by atoms with Crippen molar-refractivity contribution >= 4 is 17.7 Å². The van der Waals surface area contributed by atoms with Gasteiger partial charge in [0.1, 0.15) is 0 Å². The van der Waals surface area contributed by atoms with Crippen LogP contribution in [0.15, 0.2) is 65.5 Å². The van der Waals surface area contributed by atoms with E-state index < -0.39 is 6.09 Å². The zero-order valence-corrected chi connectivity index (χ0v) is 19.1. The number of unbranched alkanes of at least 4 members (excludes halogenated alkanes) is 1. The summed E-state index contributed by atoms with van der Waals surface area (Å²) >= 11 is 0. The van der Waals surface area contributed by atoms with Crippen molar-refractivity contribution in [2.75, 3.05) is 25.0 Å². The Hall–Kier alpha value is -3.98. The van der Waals surface area contributed by atoms with E-state index in [0.717, 1.165) is 24.0 Å². The lowest BCUT2D eigenvalue weighted by molar-refractivity contribution is 0.0953. The average Bonchev–Trinajstić information content (AvgIpc) is 2.83. The minimum atomic E-state index is -0.541. The van der Waals surface area contributed by atoms with Crippen molar-refractivity contribution in [1.82, 2.24) is 15.1 Å². The molecule has 3 aromatic rings. The number of carbonyl (C=O) groups is 2. The molecule has 2 amide bonds. The fourth-order valence-electron chi connectivity index (χ4n) is 3.31. The van der Waals surface area contributed by atoms with E-state index in [2.05, 4.69) is 15.7 Å². The van der Waals surface area contributed by atoms with E-state index in [1.807, 2.05) is 12.1 Å². The molecule has 1 aromatic heterocycles. The third-order valence-corrected chi connectivity index (χ3v) is 4.98. The Morgan fingerprint density at radius 2 is 1.88 bits per heavy atom. The molecule has 0 radical (unpaired) electrons. The first-order chi connectivity index (χ1) is 16.5. The van der Waals surface area contributed by atoms with E-state index in [0.29, 0.717) is 30.0 Å². The molecule has 3 rings (SSSR count). The van der Waals surface area contributed by atoms with Gasteiger partial charge in [-0.2, -0.15) is 5.10 Å². The highest BCUT2D eigenvalue weighted by Crippen LogP contribution is 2.18. The number of anilines is 1. The van der Waals surface area contributed by atoms with Crippen LogP contribution in [0.4, 0.5) is 10.5 Å². The summed E-state index contributed by atoms with van der Waals surface area (Å²) in [6, 6.07) is 17.3. The largest absolute Gasteiger partial charge is 0.450 e. The SMILES string of the molecule is CCOC(=O)Nc1cccc(Cn2nc(-c3cccc(C(=O)NCCCCN)c3)ccc2=O)c1. The zero-order chi connectivity index (χ0) is 24.3. The number of hydrogen-bond acceptors (Lipinski definition) is 6. The molecule has 0 saturated carbocycles. The van der Waals surface area contributed by atoms with Crippen molar-refractivity contribution in [1.29, 1.82) is 0 Å². The highest BCUT2D eigenvalue weighted by Gasteiger charge is 2.10. The van der Waals surface area contributed by atoms with Crippen LogP contribution in [0.25, 0.3) is 11.3 Å². The Kier molecular flexibility index (Phi) is 8.93. The average molecular weight is 464 g/mol.